The summed E-state index contributed by atoms with van der Waals surface area (Å²) in [6.07, 6.45) is -3.24. The summed E-state index contributed by atoms with van der Waals surface area (Å²) in [5.41, 5.74) is -0.113. The van der Waals surface area contributed by atoms with Crippen LogP contribution in [0.2, 0.25) is 0 Å². The third-order valence-corrected chi connectivity index (χ3v) is 2.69. The molecule has 0 unspecified atom stereocenters. The van der Waals surface area contributed by atoms with Gasteiger partial charge in [0.25, 0.3) is 5.91 Å². The molecule has 0 saturated carbocycles. The summed E-state index contributed by atoms with van der Waals surface area (Å²) >= 11 is 0. The molecule has 0 aliphatic rings. The van der Waals surface area contributed by atoms with Gasteiger partial charge in [-0.2, -0.15) is 13.2 Å². The van der Waals surface area contributed by atoms with Gasteiger partial charge in [-0.15, -0.1) is 0 Å². The van der Waals surface area contributed by atoms with E-state index in [4.69, 9.17) is 4.74 Å². The molecule has 0 bridgehead atoms. The van der Waals surface area contributed by atoms with E-state index in [0.29, 0.717) is 0 Å². The lowest BCUT2D eigenvalue weighted by molar-refractivity contribution is -0.144. The lowest BCUT2D eigenvalue weighted by Crippen LogP contribution is -2.37. The molecule has 0 fully saturated rings. The van der Waals surface area contributed by atoms with Crippen LogP contribution in [0.25, 0.3) is 0 Å². The molecule has 0 atom stereocenters. The van der Waals surface area contributed by atoms with E-state index in [2.05, 4.69) is 0 Å². The van der Waals surface area contributed by atoms with Gasteiger partial charge in [0.15, 0.2) is 0 Å². The first-order valence-electron chi connectivity index (χ1n) is 6.45. The molecule has 0 N–H and O–H groups in total. The highest BCUT2D eigenvalue weighted by Crippen LogP contribution is 2.19. The van der Waals surface area contributed by atoms with E-state index in [9.17, 15) is 22.8 Å². The second kappa shape index (κ2) is 7.14. The van der Waals surface area contributed by atoms with Crippen molar-refractivity contribution in [2.75, 3.05) is 19.7 Å². The SMILES string of the molecule is CCOC(=O)CN(CC)C(=O)c1cccn1CC(F)(F)F. The Morgan fingerprint density at radius 3 is 2.52 bits per heavy atom. The van der Waals surface area contributed by atoms with Crippen molar-refractivity contribution in [2.45, 2.75) is 26.6 Å². The average Bonchev–Trinajstić information content (AvgIpc) is 2.81. The zero-order valence-electron chi connectivity index (χ0n) is 11.8. The van der Waals surface area contributed by atoms with Crippen LogP contribution in [0.1, 0.15) is 24.3 Å². The van der Waals surface area contributed by atoms with Crippen molar-refractivity contribution in [2.24, 2.45) is 0 Å². The third-order valence-electron chi connectivity index (χ3n) is 2.69. The fourth-order valence-electron chi connectivity index (χ4n) is 1.79. The number of ether oxygens (including phenoxy) is 1. The summed E-state index contributed by atoms with van der Waals surface area (Å²) in [6, 6.07) is 2.65. The minimum absolute atomic E-state index is 0.113. The standard InChI is InChI=1S/C13H17F3N2O3/c1-3-17(8-11(19)21-4-2)12(20)10-6-5-7-18(10)9-13(14,15)16/h5-7H,3-4,8-9H2,1-2H3. The molecule has 0 aromatic carbocycles. The Hall–Kier alpha value is -1.99. The van der Waals surface area contributed by atoms with Gasteiger partial charge in [-0.05, 0) is 26.0 Å². The van der Waals surface area contributed by atoms with Crippen LogP contribution < -0.4 is 0 Å². The van der Waals surface area contributed by atoms with Crippen molar-refractivity contribution in [1.82, 2.24) is 9.47 Å². The fraction of sp³-hybridized carbons (Fsp3) is 0.538. The van der Waals surface area contributed by atoms with Crippen molar-refractivity contribution in [3.63, 3.8) is 0 Å². The van der Waals surface area contributed by atoms with Crippen LogP contribution in [-0.4, -0.2) is 47.2 Å². The fourth-order valence-corrected chi connectivity index (χ4v) is 1.79. The molecular formula is C13H17F3N2O3. The summed E-state index contributed by atoms with van der Waals surface area (Å²) in [4.78, 5) is 24.7. The van der Waals surface area contributed by atoms with Crippen LogP contribution >= 0.6 is 0 Å². The number of halogens is 3. The van der Waals surface area contributed by atoms with Gasteiger partial charge in [-0.1, -0.05) is 0 Å². The molecule has 8 heteroatoms. The van der Waals surface area contributed by atoms with Gasteiger partial charge < -0.3 is 14.2 Å². The Balaban J connectivity index is 2.86. The van der Waals surface area contributed by atoms with Crippen LogP contribution in [0.3, 0.4) is 0 Å². The third kappa shape index (κ3) is 5.13. The number of nitrogens with zero attached hydrogens (tertiary/aromatic N) is 2. The number of rotatable bonds is 6. The summed E-state index contributed by atoms with van der Waals surface area (Å²) in [5, 5.41) is 0. The zero-order chi connectivity index (χ0) is 16.0. The molecule has 0 radical (unpaired) electrons. The Morgan fingerprint density at radius 1 is 1.33 bits per heavy atom. The molecule has 0 aliphatic heterocycles. The predicted octanol–water partition coefficient (Wildman–Crippen LogP) is 2.08. The summed E-state index contributed by atoms with van der Waals surface area (Å²) in [5.74, 6) is -1.23. The summed E-state index contributed by atoms with van der Waals surface area (Å²) in [7, 11) is 0. The Morgan fingerprint density at radius 2 is 2.00 bits per heavy atom. The minimum Gasteiger partial charge on any atom is -0.465 e. The number of carbonyl (C=O) groups is 2. The van der Waals surface area contributed by atoms with E-state index in [1.165, 1.54) is 18.3 Å². The first-order valence-corrected chi connectivity index (χ1v) is 6.45. The molecule has 1 aromatic heterocycles. The number of hydrogen-bond donors (Lipinski definition) is 0. The highest BCUT2D eigenvalue weighted by atomic mass is 19.4. The van der Waals surface area contributed by atoms with E-state index >= 15 is 0 Å². The monoisotopic (exact) mass is 306 g/mol. The van der Waals surface area contributed by atoms with Crippen molar-refractivity contribution >= 4 is 11.9 Å². The lowest BCUT2D eigenvalue weighted by Gasteiger charge is -2.21. The molecule has 0 spiro atoms. The molecule has 0 aliphatic carbocycles. The number of alkyl halides is 3. The van der Waals surface area contributed by atoms with Crippen LogP contribution in [-0.2, 0) is 16.1 Å². The van der Waals surface area contributed by atoms with Gasteiger partial charge in [-0.3, -0.25) is 9.59 Å². The van der Waals surface area contributed by atoms with Gasteiger partial charge in [0.1, 0.15) is 18.8 Å². The van der Waals surface area contributed by atoms with Crippen LogP contribution in [0.5, 0.6) is 0 Å². The number of likely N-dealkylation sites (N-methyl/N-ethyl adjacent to an activating group) is 1. The molecular weight excluding hydrogens is 289 g/mol. The van der Waals surface area contributed by atoms with Crippen molar-refractivity contribution in [1.29, 1.82) is 0 Å². The Kier molecular flexibility index (Phi) is 5.80. The molecule has 118 valence electrons. The number of aromatic nitrogens is 1. The van der Waals surface area contributed by atoms with Crippen molar-refractivity contribution in [3.05, 3.63) is 24.0 Å². The molecule has 1 aromatic rings. The first kappa shape index (κ1) is 17.1. The molecule has 0 saturated heterocycles. The smallest absolute Gasteiger partial charge is 0.406 e. The Bertz CT molecular complexity index is 497. The minimum atomic E-state index is -4.42. The molecule has 5 nitrogen and oxygen atoms in total. The second-order valence-corrected chi connectivity index (χ2v) is 4.26. The van der Waals surface area contributed by atoms with Crippen LogP contribution in [0, 0.1) is 0 Å². The number of amides is 1. The highest BCUT2D eigenvalue weighted by Gasteiger charge is 2.30. The van der Waals surface area contributed by atoms with E-state index < -0.39 is 24.6 Å². The molecule has 1 rings (SSSR count). The highest BCUT2D eigenvalue weighted by molar-refractivity contribution is 5.94. The normalized spacial score (nSPS) is 11.3. The maximum absolute atomic E-state index is 12.4. The van der Waals surface area contributed by atoms with E-state index in [0.717, 1.165) is 9.47 Å². The largest absolute Gasteiger partial charge is 0.465 e. The number of esters is 1. The molecule has 21 heavy (non-hydrogen) atoms. The maximum atomic E-state index is 12.4. The first-order chi connectivity index (χ1) is 9.78. The molecule has 1 amide bonds. The number of hydrogen-bond acceptors (Lipinski definition) is 3. The summed E-state index contributed by atoms with van der Waals surface area (Å²) in [6.45, 7) is 2.08. The van der Waals surface area contributed by atoms with Gasteiger partial charge in [0.05, 0.1) is 6.61 Å². The summed E-state index contributed by atoms with van der Waals surface area (Å²) < 4.78 is 42.9. The van der Waals surface area contributed by atoms with Crippen molar-refractivity contribution < 1.29 is 27.5 Å². The maximum Gasteiger partial charge on any atom is 0.406 e. The van der Waals surface area contributed by atoms with Gasteiger partial charge >= 0.3 is 12.1 Å². The van der Waals surface area contributed by atoms with E-state index in [1.54, 1.807) is 13.8 Å². The lowest BCUT2D eigenvalue weighted by atomic mass is 10.3. The van der Waals surface area contributed by atoms with Gasteiger partial charge in [-0.25, -0.2) is 0 Å². The quantitative estimate of drug-likeness (QED) is 0.756. The van der Waals surface area contributed by atoms with Gasteiger partial charge in [0.2, 0.25) is 0 Å². The predicted molar refractivity (Wildman–Crippen MR) is 68.7 cm³/mol. The Labute approximate surface area is 120 Å². The van der Waals surface area contributed by atoms with Crippen LogP contribution in [0.4, 0.5) is 13.2 Å². The van der Waals surface area contributed by atoms with Crippen LogP contribution in [0.15, 0.2) is 18.3 Å². The average molecular weight is 306 g/mol. The zero-order valence-corrected chi connectivity index (χ0v) is 11.8. The van der Waals surface area contributed by atoms with Crippen molar-refractivity contribution in [3.8, 4) is 0 Å². The molecule has 1 heterocycles. The van der Waals surface area contributed by atoms with E-state index in [-0.39, 0.29) is 25.4 Å². The number of carbonyl (C=O) groups excluding carboxylic acids is 2. The topological polar surface area (TPSA) is 51.5 Å². The van der Waals surface area contributed by atoms with Gasteiger partial charge in [0, 0.05) is 12.7 Å². The second-order valence-electron chi connectivity index (χ2n) is 4.26. The van der Waals surface area contributed by atoms with E-state index in [1.807, 2.05) is 0 Å².